The molecule has 6 nitrogen and oxygen atoms in total. The lowest BCUT2D eigenvalue weighted by Crippen LogP contribution is -2.45. The summed E-state index contributed by atoms with van der Waals surface area (Å²) in [6.45, 7) is 4.94. The van der Waals surface area contributed by atoms with Crippen molar-refractivity contribution in [2.75, 3.05) is 13.2 Å². The summed E-state index contributed by atoms with van der Waals surface area (Å²) in [6.07, 6.45) is 102. The molecule has 0 saturated carbocycles. The van der Waals surface area contributed by atoms with Crippen LogP contribution in [0.4, 0.5) is 0 Å². The van der Waals surface area contributed by atoms with Gasteiger partial charge in [-0.3, -0.25) is 9.59 Å². The number of ether oxygens (including phenoxy) is 1. The number of unbranched alkanes of at least 4 members (excludes halogenated alkanes) is 58. The van der Waals surface area contributed by atoms with Gasteiger partial charge in [-0.1, -0.05) is 383 Å². The van der Waals surface area contributed by atoms with Crippen molar-refractivity contribution < 1.29 is 24.5 Å². The van der Waals surface area contributed by atoms with Gasteiger partial charge in [0.25, 0.3) is 0 Å². The standard InChI is InChI=1S/C82H155NO5/c1-3-5-7-9-11-13-15-17-19-46-50-54-58-62-66-70-74-80(85)79(78-84)83-81(86)75-71-67-63-59-55-51-47-44-42-40-38-36-34-32-30-28-26-24-22-21-23-25-27-29-31-33-35-37-39-41-43-45-49-53-57-61-65-69-73-77-88-82(87)76-72-68-64-60-56-52-48-20-18-16-14-12-10-8-6-4-2/h20-22,25,27,48,70,74,79-80,84-85H,3-19,23-24,26,28-47,49-69,71-73,75-78H2,1-2H3,(H,83,86)/b22-21-,27-25-,48-20-,74-70+. The zero-order valence-corrected chi connectivity index (χ0v) is 59.5. The van der Waals surface area contributed by atoms with Crippen LogP contribution in [0.3, 0.4) is 0 Å². The van der Waals surface area contributed by atoms with E-state index >= 15 is 0 Å². The third-order valence-corrected chi connectivity index (χ3v) is 18.6. The number of aliphatic hydroxyl groups excluding tert-OH is 2. The Morgan fingerprint density at radius 3 is 0.875 bits per heavy atom. The molecule has 0 bridgehead atoms. The second-order valence-electron chi connectivity index (χ2n) is 27.4. The Kier molecular flexibility index (Phi) is 75.4. The second-order valence-corrected chi connectivity index (χ2v) is 27.4. The molecule has 0 rings (SSSR count). The molecule has 0 aromatic heterocycles. The molecule has 0 aliphatic carbocycles. The highest BCUT2D eigenvalue weighted by molar-refractivity contribution is 5.76. The molecule has 0 aromatic carbocycles. The van der Waals surface area contributed by atoms with E-state index in [0.29, 0.717) is 19.4 Å². The molecule has 518 valence electrons. The van der Waals surface area contributed by atoms with Crippen LogP contribution in [-0.2, 0) is 14.3 Å². The summed E-state index contributed by atoms with van der Waals surface area (Å²) in [7, 11) is 0. The summed E-state index contributed by atoms with van der Waals surface area (Å²) in [5.41, 5.74) is 0. The average molecular weight is 1240 g/mol. The SMILES string of the molecule is CCCCCCCCC/C=C\CCCCCCCC(=O)OCCCCCCCCCCCCCCCCC/C=C\C/C=C\CCCCCCCCCCCCCCCCCCCC(=O)NC(CO)C(O)/C=C/CCCCCCCCCCCCCCCC. The maximum Gasteiger partial charge on any atom is 0.305 e. The number of hydrogen-bond acceptors (Lipinski definition) is 5. The maximum atomic E-state index is 12.5. The fourth-order valence-corrected chi connectivity index (χ4v) is 12.5. The Hall–Kier alpha value is -2.18. The molecule has 2 atom stereocenters. The Bertz CT molecular complexity index is 1470. The molecule has 0 spiro atoms. The zero-order chi connectivity index (χ0) is 63.5. The fourth-order valence-electron chi connectivity index (χ4n) is 12.5. The van der Waals surface area contributed by atoms with Crippen molar-refractivity contribution in [2.45, 2.75) is 450 Å². The van der Waals surface area contributed by atoms with Crippen LogP contribution >= 0.6 is 0 Å². The summed E-state index contributed by atoms with van der Waals surface area (Å²) in [4.78, 5) is 24.6. The highest BCUT2D eigenvalue weighted by atomic mass is 16.5. The lowest BCUT2D eigenvalue weighted by Gasteiger charge is -2.20. The number of carbonyl (C=O) groups excluding carboxylic acids is 2. The minimum absolute atomic E-state index is 0.0132. The van der Waals surface area contributed by atoms with Crippen molar-refractivity contribution in [1.29, 1.82) is 0 Å². The first kappa shape index (κ1) is 85.8. The molecule has 0 saturated heterocycles. The van der Waals surface area contributed by atoms with E-state index in [4.69, 9.17) is 4.74 Å². The predicted molar refractivity (Wildman–Crippen MR) is 389 cm³/mol. The molecule has 0 aromatic rings. The van der Waals surface area contributed by atoms with Gasteiger partial charge in [-0.2, -0.15) is 0 Å². The van der Waals surface area contributed by atoms with Crippen molar-refractivity contribution in [3.8, 4) is 0 Å². The summed E-state index contributed by atoms with van der Waals surface area (Å²) in [5.74, 6) is -0.0489. The van der Waals surface area contributed by atoms with Gasteiger partial charge in [0.2, 0.25) is 5.91 Å². The van der Waals surface area contributed by atoms with Gasteiger partial charge in [0.1, 0.15) is 0 Å². The third-order valence-electron chi connectivity index (χ3n) is 18.6. The van der Waals surface area contributed by atoms with E-state index in [-0.39, 0.29) is 18.5 Å². The quantitative estimate of drug-likeness (QED) is 0.0320. The number of esters is 1. The van der Waals surface area contributed by atoms with Crippen LogP contribution in [0.15, 0.2) is 48.6 Å². The van der Waals surface area contributed by atoms with E-state index in [1.807, 2.05) is 6.08 Å². The first-order valence-electron chi connectivity index (χ1n) is 39.9. The number of amides is 1. The number of carbonyl (C=O) groups is 2. The van der Waals surface area contributed by atoms with Gasteiger partial charge in [-0.15, -0.1) is 0 Å². The van der Waals surface area contributed by atoms with E-state index in [9.17, 15) is 19.8 Å². The summed E-state index contributed by atoms with van der Waals surface area (Å²) >= 11 is 0. The molecule has 0 radical (unpaired) electrons. The molecular weight excluding hydrogens is 1080 g/mol. The van der Waals surface area contributed by atoms with Gasteiger partial charge < -0.3 is 20.3 Å². The third kappa shape index (κ3) is 72.9. The van der Waals surface area contributed by atoms with Crippen LogP contribution in [0, 0.1) is 0 Å². The fraction of sp³-hybridized carbons (Fsp3) is 0.878. The molecule has 2 unspecified atom stereocenters. The molecular formula is C82H155NO5. The monoisotopic (exact) mass is 1230 g/mol. The Balaban J connectivity index is 3.36. The Labute approximate surface area is 550 Å². The summed E-state index contributed by atoms with van der Waals surface area (Å²) in [5, 5.41) is 23.2. The van der Waals surface area contributed by atoms with Gasteiger partial charge in [0, 0.05) is 12.8 Å². The van der Waals surface area contributed by atoms with Gasteiger partial charge in [-0.25, -0.2) is 0 Å². The molecule has 0 fully saturated rings. The van der Waals surface area contributed by atoms with Gasteiger partial charge in [0.15, 0.2) is 0 Å². The minimum Gasteiger partial charge on any atom is -0.466 e. The summed E-state index contributed by atoms with van der Waals surface area (Å²) < 4.78 is 5.50. The van der Waals surface area contributed by atoms with Crippen molar-refractivity contribution in [3.63, 3.8) is 0 Å². The largest absolute Gasteiger partial charge is 0.466 e. The van der Waals surface area contributed by atoms with Crippen molar-refractivity contribution >= 4 is 11.9 Å². The highest BCUT2D eigenvalue weighted by Crippen LogP contribution is 2.19. The molecule has 1 amide bonds. The van der Waals surface area contributed by atoms with E-state index in [1.54, 1.807) is 6.08 Å². The van der Waals surface area contributed by atoms with Gasteiger partial charge in [0.05, 0.1) is 25.4 Å². The van der Waals surface area contributed by atoms with E-state index < -0.39 is 12.1 Å². The van der Waals surface area contributed by atoms with Crippen molar-refractivity contribution in [2.24, 2.45) is 0 Å². The van der Waals surface area contributed by atoms with Crippen LogP contribution in [0.1, 0.15) is 438 Å². The smallest absolute Gasteiger partial charge is 0.305 e. The summed E-state index contributed by atoms with van der Waals surface area (Å²) in [6, 6.07) is -0.626. The zero-order valence-electron chi connectivity index (χ0n) is 59.5. The number of nitrogens with one attached hydrogen (secondary N) is 1. The van der Waals surface area contributed by atoms with E-state index in [2.05, 4.69) is 55.6 Å². The highest BCUT2D eigenvalue weighted by Gasteiger charge is 2.18. The van der Waals surface area contributed by atoms with Crippen LogP contribution < -0.4 is 5.32 Å². The topological polar surface area (TPSA) is 95.9 Å². The number of aliphatic hydroxyl groups is 2. The van der Waals surface area contributed by atoms with E-state index in [1.165, 1.54) is 360 Å². The Morgan fingerprint density at radius 2 is 0.568 bits per heavy atom. The van der Waals surface area contributed by atoms with Crippen LogP contribution in [0.2, 0.25) is 0 Å². The van der Waals surface area contributed by atoms with Crippen molar-refractivity contribution in [3.05, 3.63) is 48.6 Å². The molecule has 88 heavy (non-hydrogen) atoms. The predicted octanol–water partition coefficient (Wildman–Crippen LogP) is 26.4. The molecule has 0 aliphatic heterocycles. The normalized spacial score (nSPS) is 12.7. The number of hydrogen-bond donors (Lipinski definition) is 3. The number of allylic oxidation sites excluding steroid dienone is 7. The minimum atomic E-state index is -0.843. The lowest BCUT2D eigenvalue weighted by molar-refractivity contribution is -0.143. The first-order chi connectivity index (χ1) is 43.5. The van der Waals surface area contributed by atoms with Crippen LogP contribution in [0.5, 0.6) is 0 Å². The molecule has 3 N–H and O–H groups in total. The molecule has 0 heterocycles. The second kappa shape index (κ2) is 77.3. The van der Waals surface area contributed by atoms with Crippen molar-refractivity contribution in [1.82, 2.24) is 5.32 Å². The first-order valence-corrected chi connectivity index (χ1v) is 39.9. The molecule has 0 aliphatic rings. The Morgan fingerprint density at radius 1 is 0.318 bits per heavy atom. The molecule has 6 heteroatoms. The van der Waals surface area contributed by atoms with Crippen LogP contribution in [0.25, 0.3) is 0 Å². The maximum absolute atomic E-state index is 12.5. The van der Waals surface area contributed by atoms with E-state index in [0.717, 1.165) is 51.4 Å². The lowest BCUT2D eigenvalue weighted by atomic mass is 10.0. The van der Waals surface area contributed by atoms with Gasteiger partial charge in [-0.05, 0) is 89.9 Å². The van der Waals surface area contributed by atoms with Crippen LogP contribution in [-0.4, -0.2) is 47.4 Å². The van der Waals surface area contributed by atoms with Gasteiger partial charge >= 0.3 is 5.97 Å². The average Bonchev–Trinajstić information content (AvgIpc) is 3.58. The number of rotatable bonds is 75.